The molecule has 0 saturated carbocycles. The molecule has 1 aromatic carbocycles. The van der Waals surface area contributed by atoms with Gasteiger partial charge < -0.3 is 4.90 Å². The van der Waals surface area contributed by atoms with Crippen molar-refractivity contribution >= 4 is 28.1 Å². The summed E-state index contributed by atoms with van der Waals surface area (Å²) in [6.45, 7) is 5.52. The van der Waals surface area contributed by atoms with Crippen molar-refractivity contribution in [3.63, 3.8) is 0 Å². The van der Waals surface area contributed by atoms with Gasteiger partial charge in [0.2, 0.25) is 0 Å². The molecule has 29 heavy (non-hydrogen) atoms. The molecule has 5 nitrogen and oxygen atoms in total. The van der Waals surface area contributed by atoms with Crippen LogP contribution in [0.1, 0.15) is 46.7 Å². The summed E-state index contributed by atoms with van der Waals surface area (Å²) in [6.07, 6.45) is 6.93. The molecule has 3 aromatic rings. The monoisotopic (exact) mass is 407 g/mol. The summed E-state index contributed by atoms with van der Waals surface area (Å²) in [4.78, 5) is 33.8. The van der Waals surface area contributed by atoms with Crippen molar-refractivity contribution in [1.82, 2.24) is 14.5 Å². The molecular weight excluding hydrogens is 382 g/mol. The molecule has 0 atom stereocenters. The zero-order valence-corrected chi connectivity index (χ0v) is 17.3. The van der Waals surface area contributed by atoms with Crippen LogP contribution in [0.15, 0.2) is 53.2 Å². The van der Waals surface area contributed by atoms with E-state index in [2.05, 4.69) is 6.58 Å². The molecule has 2 aromatic heterocycles. The predicted octanol–water partition coefficient (Wildman–Crippen LogP) is 4.40. The Bertz CT molecular complexity index is 1090. The van der Waals surface area contributed by atoms with Crippen LogP contribution in [0.25, 0.3) is 10.9 Å². The van der Waals surface area contributed by atoms with E-state index in [9.17, 15) is 9.59 Å². The number of amides is 1. The average Bonchev–Trinajstić information content (AvgIpc) is 3.21. The largest absolute Gasteiger partial charge is 0.330 e. The van der Waals surface area contributed by atoms with Gasteiger partial charge in [0.1, 0.15) is 5.82 Å². The van der Waals surface area contributed by atoms with Crippen LogP contribution >= 0.6 is 11.3 Å². The highest BCUT2D eigenvalue weighted by molar-refractivity contribution is 7.09. The highest BCUT2D eigenvalue weighted by atomic mass is 32.1. The SMILES string of the molecule is C=CCN(Cc1cccs1)C(=O)c1ccc2c(=O)n3c(nc2c1)CCCCCC3. The standard InChI is InChI=1S/C23H25N3O2S/c1-2-12-25(16-18-8-7-14-29-18)22(27)17-10-11-19-20(15-17)24-21-9-5-3-4-6-13-26(21)23(19)28/h2,7-8,10-11,14-15H,1,3-6,9,12-13,16H2. The first kappa shape index (κ1) is 19.6. The van der Waals surface area contributed by atoms with Gasteiger partial charge in [-0.15, -0.1) is 17.9 Å². The second-order valence-electron chi connectivity index (χ2n) is 7.43. The van der Waals surface area contributed by atoms with Crippen LogP contribution in [-0.2, 0) is 19.5 Å². The van der Waals surface area contributed by atoms with Gasteiger partial charge in [-0.2, -0.15) is 0 Å². The Hall–Kier alpha value is -2.73. The fraction of sp³-hybridized carbons (Fsp3) is 0.348. The third-order valence-corrected chi connectivity index (χ3v) is 6.24. The molecule has 6 heteroatoms. The second-order valence-corrected chi connectivity index (χ2v) is 8.47. The summed E-state index contributed by atoms with van der Waals surface area (Å²) in [6, 6.07) is 9.27. The van der Waals surface area contributed by atoms with Crippen molar-refractivity contribution in [2.75, 3.05) is 6.54 Å². The van der Waals surface area contributed by atoms with Crippen LogP contribution < -0.4 is 5.56 Å². The highest BCUT2D eigenvalue weighted by Gasteiger charge is 2.18. The van der Waals surface area contributed by atoms with Gasteiger partial charge in [-0.05, 0) is 42.5 Å². The van der Waals surface area contributed by atoms with Gasteiger partial charge in [0.15, 0.2) is 0 Å². The summed E-state index contributed by atoms with van der Waals surface area (Å²) in [7, 11) is 0. The highest BCUT2D eigenvalue weighted by Crippen LogP contribution is 2.19. The Morgan fingerprint density at radius 1 is 1.24 bits per heavy atom. The van der Waals surface area contributed by atoms with Crippen LogP contribution in [0.5, 0.6) is 0 Å². The van der Waals surface area contributed by atoms with E-state index in [-0.39, 0.29) is 11.5 Å². The summed E-state index contributed by atoms with van der Waals surface area (Å²) in [5.74, 6) is 0.766. The number of carbonyl (C=O) groups excluding carboxylic acids is 1. The molecule has 4 rings (SSSR count). The molecule has 0 bridgehead atoms. The van der Waals surface area contributed by atoms with Crippen LogP contribution in [0.3, 0.4) is 0 Å². The van der Waals surface area contributed by atoms with E-state index < -0.39 is 0 Å². The predicted molar refractivity (Wildman–Crippen MR) is 117 cm³/mol. The Labute approximate surface area is 174 Å². The molecule has 0 saturated heterocycles. The van der Waals surface area contributed by atoms with Gasteiger partial charge in [-0.25, -0.2) is 4.98 Å². The van der Waals surface area contributed by atoms with E-state index in [0.717, 1.165) is 42.9 Å². The summed E-state index contributed by atoms with van der Waals surface area (Å²) in [5.41, 5.74) is 1.17. The topological polar surface area (TPSA) is 55.2 Å². The molecule has 1 aliphatic rings. The first-order chi connectivity index (χ1) is 14.2. The number of hydrogen-bond donors (Lipinski definition) is 0. The Morgan fingerprint density at radius 3 is 2.90 bits per heavy atom. The molecule has 150 valence electrons. The third kappa shape index (κ3) is 4.17. The molecule has 0 N–H and O–H groups in total. The number of hydrogen-bond acceptors (Lipinski definition) is 4. The number of thiophene rings is 1. The van der Waals surface area contributed by atoms with Gasteiger partial charge >= 0.3 is 0 Å². The van der Waals surface area contributed by atoms with Crippen molar-refractivity contribution in [1.29, 1.82) is 0 Å². The molecule has 3 heterocycles. The Kier molecular flexibility index (Phi) is 5.90. The van der Waals surface area contributed by atoms with Crippen LogP contribution in [0.2, 0.25) is 0 Å². The van der Waals surface area contributed by atoms with Crippen molar-refractivity contribution in [2.45, 2.75) is 45.2 Å². The van der Waals surface area contributed by atoms with E-state index in [1.165, 1.54) is 6.42 Å². The lowest BCUT2D eigenvalue weighted by Gasteiger charge is -2.21. The summed E-state index contributed by atoms with van der Waals surface area (Å²) < 4.78 is 1.82. The van der Waals surface area contributed by atoms with Crippen LogP contribution in [-0.4, -0.2) is 26.9 Å². The molecule has 0 aliphatic carbocycles. The van der Waals surface area contributed by atoms with Crippen LogP contribution in [0, 0.1) is 0 Å². The molecule has 0 spiro atoms. The van der Waals surface area contributed by atoms with E-state index in [0.29, 0.717) is 29.6 Å². The lowest BCUT2D eigenvalue weighted by molar-refractivity contribution is 0.0764. The number of carbonyl (C=O) groups is 1. The normalized spacial score (nSPS) is 14.1. The molecule has 1 aliphatic heterocycles. The van der Waals surface area contributed by atoms with Crippen LogP contribution in [0.4, 0.5) is 0 Å². The Morgan fingerprint density at radius 2 is 2.10 bits per heavy atom. The van der Waals surface area contributed by atoms with E-state index in [1.807, 2.05) is 22.1 Å². The minimum absolute atomic E-state index is 0.00688. The van der Waals surface area contributed by atoms with Gasteiger partial charge in [0.05, 0.1) is 17.4 Å². The minimum atomic E-state index is -0.0751. The number of fused-ring (bicyclic) bond motifs is 2. The van der Waals surface area contributed by atoms with Crippen molar-refractivity contribution in [2.24, 2.45) is 0 Å². The van der Waals surface area contributed by atoms with E-state index in [4.69, 9.17) is 4.98 Å². The zero-order chi connectivity index (χ0) is 20.2. The number of rotatable bonds is 5. The first-order valence-electron chi connectivity index (χ1n) is 10.1. The number of aryl methyl sites for hydroxylation is 1. The van der Waals surface area contributed by atoms with Gasteiger partial charge in [0.25, 0.3) is 11.5 Å². The maximum Gasteiger partial charge on any atom is 0.261 e. The van der Waals surface area contributed by atoms with Gasteiger partial charge in [0, 0.05) is 30.0 Å². The number of aromatic nitrogens is 2. The lowest BCUT2D eigenvalue weighted by Crippen LogP contribution is -2.31. The maximum absolute atomic E-state index is 13.2. The zero-order valence-electron chi connectivity index (χ0n) is 16.5. The molecule has 0 unspecified atom stereocenters. The maximum atomic E-state index is 13.2. The average molecular weight is 408 g/mol. The van der Waals surface area contributed by atoms with Gasteiger partial charge in [-0.3, -0.25) is 14.2 Å². The molecule has 1 amide bonds. The first-order valence-corrected chi connectivity index (χ1v) is 11.0. The Balaban J connectivity index is 1.70. The van der Waals surface area contributed by atoms with Crippen molar-refractivity contribution < 1.29 is 4.79 Å². The second kappa shape index (κ2) is 8.74. The van der Waals surface area contributed by atoms with Gasteiger partial charge in [-0.1, -0.05) is 25.0 Å². The molecule has 0 radical (unpaired) electrons. The van der Waals surface area contributed by atoms with E-state index >= 15 is 0 Å². The number of nitrogens with zero attached hydrogens (tertiary/aromatic N) is 3. The smallest absolute Gasteiger partial charge is 0.261 e. The minimum Gasteiger partial charge on any atom is -0.330 e. The fourth-order valence-electron chi connectivity index (χ4n) is 3.88. The summed E-state index contributed by atoms with van der Waals surface area (Å²) >= 11 is 1.63. The van der Waals surface area contributed by atoms with Crippen molar-refractivity contribution in [3.05, 3.63) is 75.0 Å². The van der Waals surface area contributed by atoms with E-state index in [1.54, 1.807) is 40.5 Å². The quantitative estimate of drug-likeness (QED) is 0.589. The third-order valence-electron chi connectivity index (χ3n) is 5.38. The van der Waals surface area contributed by atoms with Crippen molar-refractivity contribution in [3.8, 4) is 0 Å². The fourth-order valence-corrected chi connectivity index (χ4v) is 4.60. The summed E-state index contributed by atoms with van der Waals surface area (Å²) in [5, 5.41) is 2.59. The molecular formula is C23H25N3O2S. The lowest BCUT2D eigenvalue weighted by atomic mass is 10.1. The number of benzene rings is 1. The molecule has 0 fully saturated rings.